The monoisotopic (exact) mass is 323 g/mol. The maximum Gasteiger partial charge on any atom is 0.309 e. The summed E-state index contributed by atoms with van der Waals surface area (Å²) in [6.07, 6.45) is 0.463. The summed E-state index contributed by atoms with van der Waals surface area (Å²) in [7, 11) is 0. The molecule has 23 heavy (non-hydrogen) atoms. The highest BCUT2D eigenvalue weighted by Gasteiger charge is 2.26. The zero-order chi connectivity index (χ0) is 17.5. The predicted molar refractivity (Wildman–Crippen MR) is 85.2 cm³/mol. The average molecular weight is 323 g/mol. The summed E-state index contributed by atoms with van der Waals surface area (Å²) < 4.78 is 0. The van der Waals surface area contributed by atoms with Crippen molar-refractivity contribution in [2.24, 2.45) is 5.41 Å². The van der Waals surface area contributed by atoms with E-state index in [0.717, 1.165) is 0 Å². The summed E-state index contributed by atoms with van der Waals surface area (Å²) >= 11 is 0. The first kappa shape index (κ1) is 18.4. The van der Waals surface area contributed by atoms with Crippen LogP contribution >= 0.6 is 0 Å². The molecule has 1 rings (SSSR count). The second kappa shape index (κ2) is 8.11. The van der Waals surface area contributed by atoms with Gasteiger partial charge >= 0.3 is 5.97 Å². The maximum atomic E-state index is 11.7. The number of nitro benzene ring substituents is 1. The molecule has 0 radical (unpaired) electrons. The van der Waals surface area contributed by atoms with Gasteiger partial charge in [0, 0.05) is 25.6 Å². The zero-order valence-electron chi connectivity index (χ0n) is 13.2. The van der Waals surface area contributed by atoms with E-state index in [1.807, 2.05) is 0 Å². The van der Waals surface area contributed by atoms with Gasteiger partial charge in [-0.3, -0.25) is 19.7 Å². The van der Waals surface area contributed by atoms with E-state index in [1.165, 1.54) is 6.07 Å². The summed E-state index contributed by atoms with van der Waals surface area (Å²) in [5, 5.41) is 25.3. The quantitative estimate of drug-likeness (QED) is 0.472. The molecule has 0 saturated heterocycles. The number of carbonyl (C=O) groups excluding carboxylic acids is 1. The van der Waals surface area contributed by atoms with Crippen LogP contribution in [0, 0.1) is 15.5 Å². The molecular weight excluding hydrogens is 302 g/mol. The number of nitro groups is 1. The van der Waals surface area contributed by atoms with E-state index in [-0.39, 0.29) is 31.1 Å². The van der Waals surface area contributed by atoms with Crippen LogP contribution in [0.2, 0.25) is 0 Å². The lowest BCUT2D eigenvalue weighted by Crippen LogP contribution is -2.32. The van der Waals surface area contributed by atoms with Crippen molar-refractivity contribution in [3.05, 3.63) is 34.4 Å². The van der Waals surface area contributed by atoms with Gasteiger partial charge < -0.3 is 15.7 Å². The molecule has 1 amide bonds. The van der Waals surface area contributed by atoms with Crippen LogP contribution in [0.4, 0.5) is 11.4 Å². The second-order valence-corrected chi connectivity index (χ2v) is 5.74. The Kier molecular flexibility index (Phi) is 6.49. The summed E-state index contributed by atoms with van der Waals surface area (Å²) in [6.45, 7) is 3.71. The van der Waals surface area contributed by atoms with Crippen molar-refractivity contribution in [2.75, 3.05) is 18.4 Å². The molecule has 1 aromatic rings. The van der Waals surface area contributed by atoms with Gasteiger partial charge in [-0.15, -0.1) is 0 Å². The molecule has 126 valence electrons. The van der Waals surface area contributed by atoms with E-state index in [9.17, 15) is 19.7 Å². The molecule has 8 heteroatoms. The number of aliphatic carboxylic acids is 1. The number of anilines is 1. The van der Waals surface area contributed by atoms with E-state index >= 15 is 0 Å². The third kappa shape index (κ3) is 5.93. The topological polar surface area (TPSA) is 122 Å². The Morgan fingerprint density at radius 2 is 1.91 bits per heavy atom. The van der Waals surface area contributed by atoms with Crippen molar-refractivity contribution in [2.45, 2.75) is 26.7 Å². The van der Waals surface area contributed by atoms with Crippen molar-refractivity contribution >= 4 is 23.3 Å². The number of carboxylic acids is 1. The number of carboxylic acid groups (broad SMARTS) is 1. The minimum atomic E-state index is -0.912. The Bertz CT molecular complexity index is 586. The molecule has 0 aliphatic heterocycles. The number of rotatable bonds is 9. The zero-order valence-corrected chi connectivity index (χ0v) is 13.2. The van der Waals surface area contributed by atoms with Crippen molar-refractivity contribution < 1.29 is 19.6 Å². The number of amides is 1. The van der Waals surface area contributed by atoms with Crippen molar-refractivity contribution in [1.82, 2.24) is 5.32 Å². The number of hydrogen-bond donors (Lipinski definition) is 3. The lowest BCUT2D eigenvalue weighted by atomic mass is 9.90. The Morgan fingerprint density at radius 3 is 2.52 bits per heavy atom. The van der Waals surface area contributed by atoms with E-state index < -0.39 is 16.3 Å². The first-order valence-electron chi connectivity index (χ1n) is 7.21. The molecule has 0 atom stereocenters. The molecule has 0 saturated carbocycles. The second-order valence-electron chi connectivity index (χ2n) is 5.74. The molecule has 0 unspecified atom stereocenters. The molecule has 3 N–H and O–H groups in total. The summed E-state index contributed by atoms with van der Waals surface area (Å²) in [5.41, 5.74) is -0.579. The molecule has 0 heterocycles. The molecular formula is C15H21N3O5. The van der Waals surface area contributed by atoms with Gasteiger partial charge in [0.15, 0.2) is 0 Å². The van der Waals surface area contributed by atoms with Gasteiger partial charge in [-0.05, 0) is 26.3 Å². The van der Waals surface area contributed by atoms with Crippen LogP contribution in [-0.4, -0.2) is 35.0 Å². The highest BCUT2D eigenvalue weighted by atomic mass is 16.6. The van der Waals surface area contributed by atoms with Crippen LogP contribution < -0.4 is 10.6 Å². The van der Waals surface area contributed by atoms with Gasteiger partial charge in [-0.1, -0.05) is 12.1 Å². The average Bonchev–Trinajstić information content (AvgIpc) is 2.47. The van der Waals surface area contributed by atoms with Gasteiger partial charge in [-0.25, -0.2) is 0 Å². The van der Waals surface area contributed by atoms with Crippen LogP contribution in [0.1, 0.15) is 26.7 Å². The SMILES string of the molecule is CC(C)(CCNC(=O)CCNc1ccccc1[N+](=O)[O-])C(=O)O. The van der Waals surface area contributed by atoms with Crippen molar-refractivity contribution in [3.63, 3.8) is 0 Å². The number of benzene rings is 1. The fourth-order valence-electron chi connectivity index (χ4n) is 1.80. The first-order chi connectivity index (χ1) is 10.7. The van der Waals surface area contributed by atoms with Crippen LogP contribution in [0.15, 0.2) is 24.3 Å². The van der Waals surface area contributed by atoms with Crippen LogP contribution in [-0.2, 0) is 9.59 Å². The van der Waals surface area contributed by atoms with E-state index in [0.29, 0.717) is 12.1 Å². The number of para-hydroxylation sites is 2. The molecule has 0 aromatic heterocycles. The molecule has 0 bridgehead atoms. The summed E-state index contributed by atoms with van der Waals surface area (Å²) in [4.78, 5) is 33.0. The van der Waals surface area contributed by atoms with Crippen LogP contribution in [0.5, 0.6) is 0 Å². The fourth-order valence-corrected chi connectivity index (χ4v) is 1.80. The standard InChI is InChI=1S/C15H21N3O5/c1-15(2,14(20)21)8-10-17-13(19)7-9-16-11-5-3-4-6-12(11)18(22)23/h3-6,16H,7-10H2,1-2H3,(H,17,19)(H,20,21). The van der Waals surface area contributed by atoms with E-state index in [4.69, 9.17) is 5.11 Å². The predicted octanol–water partition coefficient (Wildman–Crippen LogP) is 2.01. The maximum absolute atomic E-state index is 11.7. The van der Waals surface area contributed by atoms with Gasteiger partial charge in [-0.2, -0.15) is 0 Å². The minimum Gasteiger partial charge on any atom is -0.481 e. The van der Waals surface area contributed by atoms with E-state index in [1.54, 1.807) is 32.0 Å². The van der Waals surface area contributed by atoms with Crippen LogP contribution in [0.3, 0.4) is 0 Å². The Labute approximate surface area is 134 Å². The third-order valence-corrected chi connectivity index (χ3v) is 3.42. The molecule has 0 spiro atoms. The molecule has 1 aromatic carbocycles. The Balaban J connectivity index is 2.35. The largest absolute Gasteiger partial charge is 0.481 e. The van der Waals surface area contributed by atoms with Gasteiger partial charge in [0.2, 0.25) is 5.91 Å². The van der Waals surface area contributed by atoms with Gasteiger partial charge in [0.25, 0.3) is 5.69 Å². The Hall–Kier alpha value is -2.64. The number of nitrogens with one attached hydrogen (secondary N) is 2. The summed E-state index contributed by atoms with van der Waals surface area (Å²) in [5.74, 6) is -1.15. The summed E-state index contributed by atoms with van der Waals surface area (Å²) in [6, 6.07) is 6.20. The van der Waals surface area contributed by atoms with Gasteiger partial charge in [0.1, 0.15) is 5.69 Å². The molecule has 0 aliphatic rings. The highest BCUT2D eigenvalue weighted by Crippen LogP contribution is 2.23. The molecule has 8 nitrogen and oxygen atoms in total. The third-order valence-electron chi connectivity index (χ3n) is 3.42. The normalized spacial score (nSPS) is 10.9. The fraction of sp³-hybridized carbons (Fsp3) is 0.467. The lowest BCUT2D eigenvalue weighted by Gasteiger charge is -2.18. The number of nitrogens with zero attached hydrogens (tertiary/aromatic N) is 1. The molecule has 0 fully saturated rings. The lowest BCUT2D eigenvalue weighted by molar-refractivity contribution is -0.384. The minimum absolute atomic E-state index is 0.0453. The van der Waals surface area contributed by atoms with E-state index in [2.05, 4.69) is 10.6 Å². The smallest absolute Gasteiger partial charge is 0.309 e. The Morgan fingerprint density at radius 1 is 1.26 bits per heavy atom. The van der Waals surface area contributed by atoms with Crippen molar-refractivity contribution in [3.8, 4) is 0 Å². The first-order valence-corrected chi connectivity index (χ1v) is 7.21. The number of carbonyl (C=O) groups is 2. The van der Waals surface area contributed by atoms with Crippen LogP contribution in [0.25, 0.3) is 0 Å². The van der Waals surface area contributed by atoms with Crippen molar-refractivity contribution in [1.29, 1.82) is 0 Å². The number of hydrogen-bond acceptors (Lipinski definition) is 5. The highest BCUT2D eigenvalue weighted by molar-refractivity contribution is 5.77. The molecule has 0 aliphatic carbocycles. The van der Waals surface area contributed by atoms with Gasteiger partial charge in [0.05, 0.1) is 10.3 Å².